The second kappa shape index (κ2) is 8.66. The second-order valence-electron chi connectivity index (χ2n) is 6.62. The minimum atomic E-state index is -0.515. The van der Waals surface area contributed by atoms with Gasteiger partial charge >= 0.3 is 0 Å². The van der Waals surface area contributed by atoms with E-state index in [9.17, 15) is 14.9 Å². The van der Waals surface area contributed by atoms with Crippen LogP contribution >= 0.6 is 12.4 Å². The Morgan fingerprint density at radius 2 is 1.81 bits per heavy atom. The van der Waals surface area contributed by atoms with Gasteiger partial charge in [-0.15, -0.1) is 12.4 Å². The molecule has 2 aliphatic heterocycles. The molecule has 1 aromatic rings. The molecule has 0 atom stereocenters. The number of nitro benzene ring substituents is 1. The molecule has 1 amide bonds. The maximum absolute atomic E-state index is 13.0. The Kier molecular flexibility index (Phi) is 6.80. The molecule has 2 N–H and O–H groups in total. The minimum Gasteiger partial charge on any atom is -0.381 e. The van der Waals surface area contributed by atoms with Crippen LogP contribution in [0.2, 0.25) is 0 Å². The summed E-state index contributed by atoms with van der Waals surface area (Å²) in [5.41, 5.74) is 6.13. The van der Waals surface area contributed by atoms with Crippen molar-refractivity contribution < 1.29 is 14.5 Å². The van der Waals surface area contributed by atoms with Crippen LogP contribution in [0.25, 0.3) is 0 Å². The number of piperazine rings is 1. The Labute approximate surface area is 158 Å². The number of carbonyl (C=O) groups excluding carboxylic acids is 1. The summed E-state index contributed by atoms with van der Waals surface area (Å²) in [6, 6.07) is 6.73. The molecule has 2 aliphatic rings. The van der Waals surface area contributed by atoms with Gasteiger partial charge in [0.15, 0.2) is 0 Å². The Balaban J connectivity index is 0.00000243. The smallest absolute Gasteiger partial charge is 0.292 e. The number of anilines is 1. The number of benzene rings is 1. The van der Waals surface area contributed by atoms with Gasteiger partial charge in [-0.2, -0.15) is 0 Å². The zero-order valence-electron chi connectivity index (χ0n) is 14.6. The van der Waals surface area contributed by atoms with Gasteiger partial charge in [-0.25, -0.2) is 0 Å². The SMILES string of the molecule is Cl.NCC1(C(=O)N2CCN(c3ccccc3[N+](=O)[O-])CC2)CCOCC1. The molecule has 26 heavy (non-hydrogen) atoms. The standard InChI is InChI=1S/C17H24N4O4.ClH/c18-13-17(5-11-25-12-6-17)16(22)20-9-7-19(8-10-20)14-3-1-2-4-15(14)21(23)24;/h1-4H,5-13,18H2;1H. The molecule has 1 aromatic carbocycles. The van der Waals surface area contributed by atoms with Crippen LogP contribution in [0.1, 0.15) is 12.8 Å². The van der Waals surface area contributed by atoms with E-state index in [0.29, 0.717) is 64.5 Å². The van der Waals surface area contributed by atoms with Crippen LogP contribution in [0.3, 0.4) is 0 Å². The fraction of sp³-hybridized carbons (Fsp3) is 0.588. The predicted molar refractivity (Wildman–Crippen MR) is 101 cm³/mol. The van der Waals surface area contributed by atoms with E-state index in [1.54, 1.807) is 18.2 Å². The molecule has 2 heterocycles. The molecule has 0 radical (unpaired) electrons. The summed E-state index contributed by atoms with van der Waals surface area (Å²) in [5, 5.41) is 11.2. The van der Waals surface area contributed by atoms with E-state index < -0.39 is 5.41 Å². The third-order valence-electron chi connectivity index (χ3n) is 5.28. The van der Waals surface area contributed by atoms with Crippen LogP contribution in [0.15, 0.2) is 24.3 Å². The van der Waals surface area contributed by atoms with E-state index in [0.717, 1.165) is 0 Å². The van der Waals surface area contributed by atoms with E-state index >= 15 is 0 Å². The zero-order chi connectivity index (χ0) is 17.9. The van der Waals surface area contributed by atoms with Gasteiger partial charge in [0.2, 0.25) is 5.91 Å². The monoisotopic (exact) mass is 384 g/mol. The molecule has 9 heteroatoms. The normalized spacial score (nSPS) is 19.6. The molecule has 3 rings (SSSR count). The van der Waals surface area contributed by atoms with Crippen LogP contribution in [-0.4, -0.2) is 61.7 Å². The van der Waals surface area contributed by atoms with Crippen LogP contribution in [0.4, 0.5) is 11.4 Å². The highest BCUT2D eigenvalue weighted by molar-refractivity contribution is 5.85. The van der Waals surface area contributed by atoms with Crippen LogP contribution in [0.5, 0.6) is 0 Å². The number of nitrogens with two attached hydrogens (primary N) is 1. The number of carbonyl (C=O) groups is 1. The molecule has 2 saturated heterocycles. The van der Waals surface area contributed by atoms with Crippen molar-refractivity contribution in [2.45, 2.75) is 12.8 Å². The number of amides is 1. The van der Waals surface area contributed by atoms with Gasteiger partial charge in [0, 0.05) is 52.0 Å². The first-order chi connectivity index (χ1) is 12.1. The first kappa shape index (κ1) is 20.4. The largest absolute Gasteiger partial charge is 0.381 e. The number of nitrogens with zero attached hydrogens (tertiary/aromatic N) is 3. The topological polar surface area (TPSA) is 102 Å². The van der Waals surface area contributed by atoms with Gasteiger partial charge in [-0.05, 0) is 18.9 Å². The van der Waals surface area contributed by atoms with E-state index in [1.807, 2.05) is 9.80 Å². The molecule has 2 fully saturated rings. The maximum atomic E-state index is 13.0. The van der Waals surface area contributed by atoms with Crippen molar-refractivity contribution >= 4 is 29.7 Å². The highest BCUT2D eigenvalue weighted by Crippen LogP contribution is 2.33. The summed E-state index contributed by atoms with van der Waals surface area (Å²) in [6.45, 7) is 3.72. The highest BCUT2D eigenvalue weighted by atomic mass is 35.5. The van der Waals surface area contributed by atoms with Crippen molar-refractivity contribution in [2.75, 3.05) is 50.8 Å². The number of hydrogen-bond donors (Lipinski definition) is 1. The lowest BCUT2D eigenvalue weighted by molar-refractivity contribution is -0.384. The Hall–Kier alpha value is -1.90. The number of halogens is 1. The van der Waals surface area contributed by atoms with Crippen molar-refractivity contribution in [3.8, 4) is 0 Å². The van der Waals surface area contributed by atoms with Gasteiger partial charge < -0.3 is 20.3 Å². The highest BCUT2D eigenvalue weighted by Gasteiger charge is 2.42. The van der Waals surface area contributed by atoms with Crippen molar-refractivity contribution in [2.24, 2.45) is 11.1 Å². The Morgan fingerprint density at radius 1 is 1.19 bits per heavy atom. The zero-order valence-corrected chi connectivity index (χ0v) is 15.5. The summed E-state index contributed by atoms with van der Waals surface area (Å²) in [7, 11) is 0. The van der Waals surface area contributed by atoms with Crippen molar-refractivity contribution in [1.82, 2.24) is 4.90 Å². The number of rotatable bonds is 4. The lowest BCUT2D eigenvalue weighted by Gasteiger charge is -2.42. The first-order valence-corrected chi connectivity index (χ1v) is 8.63. The molecule has 0 spiro atoms. The number of hydrogen-bond acceptors (Lipinski definition) is 6. The minimum absolute atomic E-state index is 0. The molecule has 0 saturated carbocycles. The van der Waals surface area contributed by atoms with Crippen LogP contribution in [0, 0.1) is 15.5 Å². The fourth-order valence-corrected chi connectivity index (χ4v) is 3.64. The summed E-state index contributed by atoms with van der Waals surface area (Å²) >= 11 is 0. The quantitative estimate of drug-likeness (QED) is 0.622. The number of ether oxygens (including phenoxy) is 1. The molecule has 0 bridgehead atoms. The van der Waals surface area contributed by atoms with Crippen molar-refractivity contribution in [3.63, 3.8) is 0 Å². The van der Waals surface area contributed by atoms with Crippen LogP contribution < -0.4 is 10.6 Å². The molecule has 8 nitrogen and oxygen atoms in total. The molecular formula is C17H25ClN4O4. The summed E-state index contributed by atoms with van der Waals surface area (Å²) in [4.78, 5) is 27.7. The predicted octanol–water partition coefficient (Wildman–Crippen LogP) is 1.42. The van der Waals surface area contributed by atoms with Crippen molar-refractivity contribution in [1.29, 1.82) is 0 Å². The lowest BCUT2D eigenvalue weighted by atomic mass is 9.78. The summed E-state index contributed by atoms with van der Waals surface area (Å²) < 4.78 is 5.38. The van der Waals surface area contributed by atoms with Gasteiger partial charge in [0.05, 0.1) is 10.3 Å². The third kappa shape index (κ3) is 3.92. The Bertz CT molecular complexity index is 643. The third-order valence-corrected chi connectivity index (χ3v) is 5.28. The molecule has 0 aromatic heterocycles. The maximum Gasteiger partial charge on any atom is 0.292 e. The van der Waals surface area contributed by atoms with E-state index in [-0.39, 0.29) is 28.9 Å². The van der Waals surface area contributed by atoms with Gasteiger partial charge in [-0.3, -0.25) is 14.9 Å². The molecular weight excluding hydrogens is 360 g/mol. The van der Waals surface area contributed by atoms with E-state index in [2.05, 4.69) is 0 Å². The van der Waals surface area contributed by atoms with Gasteiger partial charge in [0.1, 0.15) is 5.69 Å². The van der Waals surface area contributed by atoms with E-state index in [4.69, 9.17) is 10.5 Å². The second-order valence-corrected chi connectivity index (χ2v) is 6.62. The Morgan fingerprint density at radius 3 is 2.38 bits per heavy atom. The van der Waals surface area contributed by atoms with Crippen molar-refractivity contribution in [3.05, 3.63) is 34.4 Å². The number of para-hydroxylation sites is 2. The first-order valence-electron chi connectivity index (χ1n) is 8.63. The fourth-order valence-electron chi connectivity index (χ4n) is 3.64. The molecule has 0 aliphatic carbocycles. The van der Waals surface area contributed by atoms with Gasteiger partial charge in [-0.1, -0.05) is 12.1 Å². The van der Waals surface area contributed by atoms with Crippen LogP contribution in [-0.2, 0) is 9.53 Å². The summed E-state index contributed by atoms with van der Waals surface area (Å²) in [6.07, 6.45) is 1.32. The summed E-state index contributed by atoms with van der Waals surface area (Å²) in [5.74, 6) is 0.0977. The average molecular weight is 385 g/mol. The number of nitro groups is 1. The lowest BCUT2D eigenvalue weighted by Crippen LogP contribution is -2.56. The van der Waals surface area contributed by atoms with Gasteiger partial charge in [0.25, 0.3) is 5.69 Å². The molecule has 144 valence electrons. The molecule has 0 unspecified atom stereocenters. The van der Waals surface area contributed by atoms with E-state index in [1.165, 1.54) is 6.07 Å². The average Bonchev–Trinajstić information content (AvgIpc) is 2.68.